The zero-order chi connectivity index (χ0) is 14.8. The third-order valence-corrected chi connectivity index (χ3v) is 3.50. The molecule has 0 fully saturated rings. The van der Waals surface area contributed by atoms with Crippen LogP contribution in [0.25, 0.3) is 11.1 Å². The maximum Gasteiger partial charge on any atom is 0.295 e. The summed E-state index contributed by atoms with van der Waals surface area (Å²) in [5.41, 5.74) is 2.85. The molecular weight excluding hydrogens is 264 g/mol. The van der Waals surface area contributed by atoms with Crippen LogP contribution in [0, 0.1) is 6.92 Å². The highest BCUT2D eigenvalue weighted by molar-refractivity contribution is 5.77. The normalized spacial score (nSPS) is 11.4. The number of benzene rings is 1. The van der Waals surface area contributed by atoms with Gasteiger partial charge < -0.3 is 14.3 Å². The van der Waals surface area contributed by atoms with Gasteiger partial charge in [0.25, 0.3) is 6.01 Å². The molecule has 0 atom stereocenters. The Kier molecular flexibility index (Phi) is 3.64. The number of hydrogen-bond donors (Lipinski definition) is 1. The molecule has 3 rings (SSSR count). The summed E-state index contributed by atoms with van der Waals surface area (Å²) in [6, 6.07) is 6.55. The Hall–Kier alpha value is -2.30. The summed E-state index contributed by atoms with van der Waals surface area (Å²) in [6.07, 6.45) is 3.85. The molecule has 5 heteroatoms. The van der Waals surface area contributed by atoms with Gasteiger partial charge in [0.1, 0.15) is 11.3 Å². The summed E-state index contributed by atoms with van der Waals surface area (Å²) in [5, 5.41) is 3.24. The molecular formula is C16H20N4O. The van der Waals surface area contributed by atoms with Crippen LogP contribution in [-0.4, -0.2) is 21.1 Å². The Labute approximate surface area is 124 Å². The molecule has 0 unspecified atom stereocenters. The Balaban J connectivity index is 1.67. The first-order valence-corrected chi connectivity index (χ1v) is 7.26. The molecule has 0 amide bonds. The highest BCUT2D eigenvalue weighted by Crippen LogP contribution is 2.21. The monoisotopic (exact) mass is 284 g/mol. The predicted octanol–water partition coefficient (Wildman–Crippen LogP) is 3.57. The van der Waals surface area contributed by atoms with Crippen molar-refractivity contribution < 1.29 is 4.42 Å². The molecule has 0 saturated carbocycles. The van der Waals surface area contributed by atoms with E-state index in [1.807, 2.05) is 37.5 Å². The van der Waals surface area contributed by atoms with Crippen molar-refractivity contribution in [3.05, 3.63) is 42.0 Å². The molecule has 2 heterocycles. The SMILES string of the molecule is Cc1cccc2nc(NCCn3ccnc3C(C)C)oc12. The van der Waals surface area contributed by atoms with E-state index in [1.165, 1.54) is 0 Å². The van der Waals surface area contributed by atoms with Crippen LogP contribution < -0.4 is 5.32 Å². The van der Waals surface area contributed by atoms with E-state index < -0.39 is 0 Å². The second kappa shape index (κ2) is 5.60. The average Bonchev–Trinajstić information content (AvgIpc) is 3.06. The number of para-hydroxylation sites is 1. The van der Waals surface area contributed by atoms with Crippen LogP contribution in [-0.2, 0) is 6.54 Å². The van der Waals surface area contributed by atoms with Crippen LogP contribution in [0.5, 0.6) is 0 Å². The van der Waals surface area contributed by atoms with Crippen molar-refractivity contribution in [2.75, 3.05) is 11.9 Å². The Morgan fingerprint density at radius 1 is 1.33 bits per heavy atom. The maximum atomic E-state index is 5.75. The van der Waals surface area contributed by atoms with E-state index in [0.717, 1.165) is 35.6 Å². The average molecular weight is 284 g/mol. The standard InChI is InChI=1S/C16H20N4O/c1-11(2)15-17-7-9-20(15)10-8-18-16-19-13-6-4-5-12(3)14(13)21-16/h4-7,9,11H,8,10H2,1-3H3,(H,18,19). The van der Waals surface area contributed by atoms with Crippen molar-refractivity contribution in [3.8, 4) is 0 Å². The number of nitrogens with zero attached hydrogens (tertiary/aromatic N) is 3. The number of aromatic nitrogens is 3. The van der Waals surface area contributed by atoms with Gasteiger partial charge in [-0.3, -0.25) is 0 Å². The molecule has 0 saturated heterocycles. The van der Waals surface area contributed by atoms with Crippen LogP contribution >= 0.6 is 0 Å². The van der Waals surface area contributed by atoms with Crippen molar-refractivity contribution in [1.29, 1.82) is 0 Å². The molecule has 110 valence electrons. The topological polar surface area (TPSA) is 55.9 Å². The maximum absolute atomic E-state index is 5.75. The quantitative estimate of drug-likeness (QED) is 0.778. The van der Waals surface area contributed by atoms with Crippen LogP contribution in [0.4, 0.5) is 6.01 Å². The lowest BCUT2D eigenvalue weighted by atomic mass is 10.2. The number of imidazole rings is 1. The van der Waals surface area contributed by atoms with Gasteiger partial charge in [-0.2, -0.15) is 4.98 Å². The van der Waals surface area contributed by atoms with Gasteiger partial charge in [-0.05, 0) is 18.6 Å². The van der Waals surface area contributed by atoms with Crippen molar-refractivity contribution in [3.63, 3.8) is 0 Å². The minimum atomic E-state index is 0.423. The third kappa shape index (κ3) is 2.77. The van der Waals surface area contributed by atoms with E-state index in [4.69, 9.17) is 4.42 Å². The highest BCUT2D eigenvalue weighted by Gasteiger charge is 2.09. The molecule has 0 aliphatic rings. The van der Waals surface area contributed by atoms with Gasteiger partial charge in [-0.25, -0.2) is 4.98 Å². The first-order chi connectivity index (χ1) is 10.1. The molecule has 0 aliphatic carbocycles. The van der Waals surface area contributed by atoms with Gasteiger partial charge in [0.05, 0.1) is 0 Å². The molecule has 21 heavy (non-hydrogen) atoms. The molecule has 0 spiro atoms. The van der Waals surface area contributed by atoms with Crippen molar-refractivity contribution in [2.24, 2.45) is 0 Å². The minimum absolute atomic E-state index is 0.423. The number of nitrogens with one attached hydrogen (secondary N) is 1. The third-order valence-electron chi connectivity index (χ3n) is 3.50. The highest BCUT2D eigenvalue weighted by atomic mass is 16.4. The zero-order valence-corrected chi connectivity index (χ0v) is 12.6. The zero-order valence-electron chi connectivity index (χ0n) is 12.6. The van der Waals surface area contributed by atoms with Crippen molar-refractivity contribution in [2.45, 2.75) is 33.2 Å². The van der Waals surface area contributed by atoms with Gasteiger partial charge in [0.2, 0.25) is 0 Å². The molecule has 0 radical (unpaired) electrons. The van der Waals surface area contributed by atoms with E-state index >= 15 is 0 Å². The van der Waals surface area contributed by atoms with Gasteiger partial charge in [-0.15, -0.1) is 0 Å². The molecule has 1 aromatic carbocycles. The predicted molar refractivity (Wildman–Crippen MR) is 83.6 cm³/mol. The van der Waals surface area contributed by atoms with E-state index in [-0.39, 0.29) is 0 Å². The summed E-state index contributed by atoms with van der Waals surface area (Å²) >= 11 is 0. The van der Waals surface area contributed by atoms with Crippen LogP contribution in [0.15, 0.2) is 35.0 Å². The van der Waals surface area contributed by atoms with Gasteiger partial charge in [-0.1, -0.05) is 26.0 Å². The molecule has 3 aromatic rings. The number of anilines is 1. The van der Waals surface area contributed by atoms with Crippen LogP contribution in [0.2, 0.25) is 0 Å². The van der Waals surface area contributed by atoms with Crippen LogP contribution in [0.1, 0.15) is 31.2 Å². The van der Waals surface area contributed by atoms with E-state index in [9.17, 15) is 0 Å². The van der Waals surface area contributed by atoms with E-state index in [0.29, 0.717) is 11.9 Å². The van der Waals surface area contributed by atoms with E-state index in [1.54, 1.807) is 0 Å². The van der Waals surface area contributed by atoms with E-state index in [2.05, 4.69) is 33.7 Å². The molecule has 0 bridgehead atoms. The molecule has 0 aliphatic heterocycles. The smallest absolute Gasteiger partial charge is 0.295 e. The number of aryl methyl sites for hydroxylation is 1. The van der Waals surface area contributed by atoms with Crippen LogP contribution in [0.3, 0.4) is 0 Å². The fourth-order valence-electron chi connectivity index (χ4n) is 2.46. The Morgan fingerprint density at radius 3 is 2.95 bits per heavy atom. The Bertz CT molecular complexity index is 742. The lowest BCUT2D eigenvalue weighted by molar-refractivity contribution is 0.594. The lowest BCUT2D eigenvalue weighted by Gasteiger charge is -2.10. The second-order valence-corrected chi connectivity index (χ2v) is 5.50. The first kappa shape index (κ1) is 13.7. The van der Waals surface area contributed by atoms with Gasteiger partial charge in [0.15, 0.2) is 5.58 Å². The van der Waals surface area contributed by atoms with Crippen molar-refractivity contribution >= 4 is 17.1 Å². The summed E-state index contributed by atoms with van der Waals surface area (Å²) in [6.45, 7) is 7.91. The first-order valence-electron chi connectivity index (χ1n) is 7.26. The molecule has 1 N–H and O–H groups in total. The fraction of sp³-hybridized carbons (Fsp3) is 0.375. The Morgan fingerprint density at radius 2 is 2.19 bits per heavy atom. The lowest BCUT2D eigenvalue weighted by Crippen LogP contribution is -2.13. The number of fused-ring (bicyclic) bond motifs is 1. The van der Waals surface area contributed by atoms with Crippen molar-refractivity contribution in [1.82, 2.24) is 14.5 Å². The number of hydrogen-bond acceptors (Lipinski definition) is 4. The molecule has 5 nitrogen and oxygen atoms in total. The van der Waals surface area contributed by atoms with Gasteiger partial charge in [0, 0.05) is 31.4 Å². The second-order valence-electron chi connectivity index (χ2n) is 5.50. The molecule has 2 aromatic heterocycles. The largest absolute Gasteiger partial charge is 0.423 e. The number of oxazole rings is 1. The van der Waals surface area contributed by atoms with Gasteiger partial charge >= 0.3 is 0 Å². The summed E-state index contributed by atoms with van der Waals surface area (Å²) in [7, 11) is 0. The number of rotatable bonds is 5. The summed E-state index contributed by atoms with van der Waals surface area (Å²) in [5.74, 6) is 1.53. The summed E-state index contributed by atoms with van der Waals surface area (Å²) in [4.78, 5) is 8.83. The summed E-state index contributed by atoms with van der Waals surface area (Å²) < 4.78 is 7.91. The minimum Gasteiger partial charge on any atom is -0.423 e. The fourth-order valence-corrected chi connectivity index (χ4v) is 2.46.